The number of nitrogens with two attached hydrogens (primary N) is 1. The molecule has 0 aliphatic rings. The molecule has 0 saturated heterocycles. The van der Waals surface area contributed by atoms with Crippen LogP contribution in [0.25, 0.3) is 0 Å². The van der Waals surface area contributed by atoms with E-state index in [0.29, 0.717) is 5.92 Å². The fourth-order valence-electron chi connectivity index (χ4n) is 1.93. The monoisotopic (exact) mass is 244 g/mol. The highest BCUT2D eigenvalue weighted by molar-refractivity contribution is 5.10. The van der Waals surface area contributed by atoms with Crippen LogP contribution in [0, 0.1) is 5.92 Å². The number of hydrogen-bond acceptors (Lipinski definition) is 3. The number of rotatable bonds is 5. The van der Waals surface area contributed by atoms with Gasteiger partial charge in [-0.15, -0.1) is 0 Å². The lowest BCUT2D eigenvalue weighted by Gasteiger charge is -2.17. The molecule has 4 heteroatoms. The molecule has 0 bridgehead atoms. The zero-order valence-corrected chi connectivity index (χ0v) is 11.0. The lowest BCUT2D eigenvalue weighted by molar-refractivity contribution is 0.477. The molecule has 0 aliphatic heterocycles. The van der Waals surface area contributed by atoms with Gasteiger partial charge in [-0.05, 0) is 24.0 Å². The van der Waals surface area contributed by atoms with Crippen LogP contribution in [0.15, 0.2) is 37.1 Å². The van der Waals surface area contributed by atoms with Gasteiger partial charge in [0.1, 0.15) is 0 Å². The number of pyridine rings is 1. The van der Waals surface area contributed by atoms with Crippen molar-refractivity contribution in [2.24, 2.45) is 11.7 Å². The van der Waals surface area contributed by atoms with Gasteiger partial charge in [-0.1, -0.05) is 19.9 Å². The Bertz CT molecular complexity index is 476. The predicted octanol–water partition coefficient (Wildman–Crippen LogP) is 2.18. The van der Waals surface area contributed by atoms with Crippen LogP contribution in [-0.2, 0) is 13.0 Å². The Morgan fingerprint density at radius 3 is 2.78 bits per heavy atom. The lowest BCUT2D eigenvalue weighted by atomic mass is 10.0. The molecule has 1 unspecified atom stereocenters. The van der Waals surface area contributed by atoms with Gasteiger partial charge in [0.2, 0.25) is 0 Å². The van der Waals surface area contributed by atoms with Crippen molar-refractivity contribution in [1.29, 1.82) is 0 Å². The minimum absolute atomic E-state index is 0.0430. The first-order chi connectivity index (χ1) is 8.68. The molecule has 0 aromatic carbocycles. The molecule has 0 fully saturated rings. The number of nitrogens with zero attached hydrogens (tertiary/aromatic N) is 3. The van der Waals surface area contributed by atoms with Crippen molar-refractivity contribution in [2.75, 3.05) is 0 Å². The molecule has 0 radical (unpaired) electrons. The van der Waals surface area contributed by atoms with Gasteiger partial charge in [0, 0.05) is 31.2 Å². The Morgan fingerprint density at radius 1 is 1.28 bits per heavy atom. The van der Waals surface area contributed by atoms with Crippen molar-refractivity contribution in [3.8, 4) is 0 Å². The normalized spacial score (nSPS) is 12.9. The van der Waals surface area contributed by atoms with Gasteiger partial charge < -0.3 is 10.3 Å². The van der Waals surface area contributed by atoms with Crippen LogP contribution in [0.3, 0.4) is 0 Å². The largest absolute Gasteiger partial charge is 0.333 e. The molecule has 0 amide bonds. The first kappa shape index (κ1) is 12.8. The minimum atomic E-state index is 0.0430. The Hall–Kier alpha value is -1.68. The summed E-state index contributed by atoms with van der Waals surface area (Å²) in [6.45, 7) is 5.15. The van der Waals surface area contributed by atoms with Crippen molar-refractivity contribution < 1.29 is 0 Å². The second-order valence-electron chi connectivity index (χ2n) is 4.89. The van der Waals surface area contributed by atoms with Crippen molar-refractivity contribution >= 4 is 0 Å². The minimum Gasteiger partial charge on any atom is -0.333 e. The topological polar surface area (TPSA) is 56.7 Å². The van der Waals surface area contributed by atoms with E-state index in [1.165, 1.54) is 5.56 Å². The van der Waals surface area contributed by atoms with Crippen LogP contribution < -0.4 is 5.73 Å². The molecular formula is C14H20N4. The number of hydrogen-bond donors (Lipinski definition) is 1. The highest BCUT2D eigenvalue weighted by atomic mass is 15.1. The standard InChI is InChI=1S/C14H20N4/c1-11(2)14(15)13-9-17-10-18(13)7-5-12-4-3-6-16-8-12/h3-4,6,8-11,14H,5,7,15H2,1-2H3. The van der Waals surface area contributed by atoms with Gasteiger partial charge in [0.05, 0.1) is 12.0 Å². The predicted molar refractivity (Wildman–Crippen MR) is 71.9 cm³/mol. The number of aryl methyl sites for hydroxylation is 2. The molecule has 2 heterocycles. The highest BCUT2D eigenvalue weighted by Crippen LogP contribution is 2.18. The summed E-state index contributed by atoms with van der Waals surface area (Å²) in [6.07, 6.45) is 8.36. The van der Waals surface area contributed by atoms with Crippen molar-refractivity contribution in [3.05, 3.63) is 48.3 Å². The van der Waals surface area contributed by atoms with Crippen LogP contribution >= 0.6 is 0 Å². The van der Waals surface area contributed by atoms with Crippen molar-refractivity contribution in [2.45, 2.75) is 32.9 Å². The molecule has 0 spiro atoms. The third-order valence-corrected chi connectivity index (χ3v) is 3.17. The Morgan fingerprint density at radius 2 is 2.11 bits per heavy atom. The lowest BCUT2D eigenvalue weighted by Crippen LogP contribution is -2.20. The van der Waals surface area contributed by atoms with E-state index in [2.05, 4.69) is 34.4 Å². The van der Waals surface area contributed by atoms with Gasteiger partial charge in [0.15, 0.2) is 0 Å². The fourth-order valence-corrected chi connectivity index (χ4v) is 1.93. The first-order valence-corrected chi connectivity index (χ1v) is 6.33. The number of aromatic nitrogens is 3. The van der Waals surface area contributed by atoms with Gasteiger partial charge in [-0.2, -0.15) is 0 Å². The van der Waals surface area contributed by atoms with Gasteiger partial charge in [0.25, 0.3) is 0 Å². The van der Waals surface area contributed by atoms with E-state index in [-0.39, 0.29) is 6.04 Å². The molecule has 2 aromatic heterocycles. The summed E-state index contributed by atoms with van der Waals surface area (Å²) in [5, 5.41) is 0. The SMILES string of the molecule is CC(C)C(N)c1cncn1CCc1cccnc1. The van der Waals surface area contributed by atoms with Crippen molar-refractivity contribution in [3.63, 3.8) is 0 Å². The van der Waals surface area contributed by atoms with Gasteiger partial charge in [-0.3, -0.25) is 4.98 Å². The Labute approximate surface area is 108 Å². The fraction of sp³-hybridized carbons (Fsp3) is 0.429. The molecule has 2 N–H and O–H groups in total. The molecule has 0 saturated carbocycles. The third-order valence-electron chi connectivity index (χ3n) is 3.17. The maximum atomic E-state index is 6.18. The van der Waals surface area contributed by atoms with E-state index in [4.69, 9.17) is 5.73 Å². The summed E-state index contributed by atoms with van der Waals surface area (Å²) in [6, 6.07) is 4.09. The Balaban J connectivity index is 2.04. The zero-order valence-electron chi connectivity index (χ0n) is 11.0. The molecule has 4 nitrogen and oxygen atoms in total. The molecule has 2 aromatic rings. The van der Waals surface area contributed by atoms with Crippen LogP contribution in [-0.4, -0.2) is 14.5 Å². The quantitative estimate of drug-likeness (QED) is 0.877. The van der Waals surface area contributed by atoms with Crippen LogP contribution in [0.2, 0.25) is 0 Å². The number of imidazole rings is 1. The molecule has 18 heavy (non-hydrogen) atoms. The average molecular weight is 244 g/mol. The highest BCUT2D eigenvalue weighted by Gasteiger charge is 2.14. The molecule has 0 aliphatic carbocycles. The van der Waals surface area contributed by atoms with Gasteiger partial charge in [-0.25, -0.2) is 4.98 Å². The summed E-state index contributed by atoms with van der Waals surface area (Å²) in [7, 11) is 0. The summed E-state index contributed by atoms with van der Waals surface area (Å²) in [5.41, 5.74) is 8.52. The van der Waals surface area contributed by atoms with E-state index in [9.17, 15) is 0 Å². The average Bonchev–Trinajstić information content (AvgIpc) is 2.84. The van der Waals surface area contributed by atoms with Crippen molar-refractivity contribution in [1.82, 2.24) is 14.5 Å². The van der Waals surface area contributed by atoms with Crippen LogP contribution in [0.4, 0.5) is 0 Å². The first-order valence-electron chi connectivity index (χ1n) is 6.33. The van der Waals surface area contributed by atoms with E-state index >= 15 is 0 Å². The van der Waals surface area contributed by atoms with E-state index in [0.717, 1.165) is 18.7 Å². The summed E-state index contributed by atoms with van der Waals surface area (Å²) < 4.78 is 2.14. The summed E-state index contributed by atoms with van der Waals surface area (Å²) >= 11 is 0. The van der Waals surface area contributed by atoms with Crippen LogP contribution in [0.1, 0.15) is 31.1 Å². The maximum absolute atomic E-state index is 6.18. The Kier molecular flexibility index (Phi) is 4.10. The van der Waals surface area contributed by atoms with E-state index < -0.39 is 0 Å². The van der Waals surface area contributed by atoms with Gasteiger partial charge >= 0.3 is 0 Å². The molecule has 2 rings (SSSR count). The van der Waals surface area contributed by atoms with Crippen LogP contribution in [0.5, 0.6) is 0 Å². The smallest absolute Gasteiger partial charge is 0.0948 e. The second kappa shape index (κ2) is 5.78. The zero-order chi connectivity index (χ0) is 13.0. The third kappa shape index (κ3) is 2.96. The second-order valence-corrected chi connectivity index (χ2v) is 4.89. The maximum Gasteiger partial charge on any atom is 0.0948 e. The summed E-state index contributed by atoms with van der Waals surface area (Å²) in [5.74, 6) is 0.416. The molecule has 1 atom stereocenters. The molecule has 96 valence electrons. The van der Waals surface area contributed by atoms with E-state index in [1.54, 1.807) is 6.20 Å². The summed E-state index contributed by atoms with van der Waals surface area (Å²) in [4.78, 5) is 8.33. The van der Waals surface area contributed by atoms with E-state index in [1.807, 2.05) is 24.8 Å². The molecular weight excluding hydrogens is 224 g/mol.